The number of nitrogens with zero attached hydrogens (tertiary/aromatic N) is 3. The molecule has 36 heavy (non-hydrogen) atoms. The number of pyridine rings is 1. The van der Waals surface area contributed by atoms with Crippen molar-refractivity contribution >= 4 is 50.8 Å². The van der Waals surface area contributed by atoms with E-state index >= 15 is 0 Å². The topological polar surface area (TPSA) is 80.7 Å². The molecule has 198 valence electrons. The Kier molecular flexibility index (Phi) is 8.52. The molecule has 4 rings (SSSR count). The number of anilines is 4. The van der Waals surface area contributed by atoms with Crippen molar-refractivity contribution in [3.63, 3.8) is 0 Å². The van der Waals surface area contributed by atoms with E-state index in [0.717, 1.165) is 36.0 Å². The van der Waals surface area contributed by atoms with Crippen molar-refractivity contribution in [2.75, 3.05) is 82.4 Å². The number of aliphatic hydroxyl groups excluding tert-OH is 1. The van der Waals surface area contributed by atoms with Crippen LogP contribution in [0, 0.1) is 0 Å². The Balaban J connectivity index is 1.52. The maximum atomic E-state index is 13.6. The van der Waals surface area contributed by atoms with E-state index in [2.05, 4.69) is 32.4 Å². The number of piperidine rings is 1. The summed E-state index contributed by atoms with van der Waals surface area (Å²) in [5, 5.41) is 12.1. The molecule has 11 heteroatoms. The van der Waals surface area contributed by atoms with E-state index in [1.165, 1.54) is 11.9 Å². The van der Waals surface area contributed by atoms with Crippen molar-refractivity contribution in [2.45, 2.75) is 18.8 Å². The van der Waals surface area contributed by atoms with Crippen molar-refractivity contribution in [2.24, 2.45) is 0 Å². The summed E-state index contributed by atoms with van der Waals surface area (Å²) in [6.07, 6.45) is 5.91. The van der Waals surface area contributed by atoms with Crippen LogP contribution in [-0.4, -0.2) is 84.5 Å². The number of carbonyl (C=O) groups is 1. The second kappa shape index (κ2) is 11.4. The highest BCUT2D eigenvalue weighted by Crippen LogP contribution is 2.43. The van der Waals surface area contributed by atoms with Crippen LogP contribution in [0.4, 0.5) is 31.7 Å². The maximum Gasteiger partial charge on any atom is 0.257 e. The molecule has 7 nitrogen and oxygen atoms in total. The number of benzene rings is 1. The third-order valence-electron chi connectivity index (χ3n) is 6.62. The zero-order valence-corrected chi connectivity index (χ0v) is 22.4. The number of amides is 1. The molecule has 0 saturated carbocycles. The summed E-state index contributed by atoms with van der Waals surface area (Å²) in [5.74, 6) is 0.546. The molecular formula is C25H35F2N5O2S2. The van der Waals surface area contributed by atoms with Crippen LogP contribution in [-0.2, 0) is 0 Å². The van der Waals surface area contributed by atoms with Crippen molar-refractivity contribution in [1.82, 2.24) is 4.98 Å². The van der Waals surface area contributed by atoms with Gasteiger partial charge < -0.3 is 24.9 Å². The van der Waals surface area contributed by atoms with Gasteiger partial charge >= 0.3 is 0 Å². The molecule has 2 fully saturated rings. The highest BCUT2D eigenvalue weighted by atomic mass is 32.3. The van der Waals surface area contributed by atoms with Gasteiger partial charge in [-0.25, -0.2) is 23.8 Å². The number of carbonyl (C=O) groups excluding carboxylic acids is 1. The van der Waals surface area contributed by atoms with Crippen LogP contribution < -0.4 is 19.8 Å². The number of halogens is 2. The van der Waals surface area contributed by atoms with Gasteiger partial charge in [0.05, 0.1) is 17.9 Å². The number of rotatable bonds is 8. The van der Waals surface area contributed by atoms with Gasteiger partial charge in [-0.2, -0.15) is 0 Å². The fraction of sp³-hybridized carbons (Fsp3) is 0.520. The van der Waals surface area contributed by atoms with Crippen LogP contribution >= 0.6 is 22.0 Å². The zero-order valence-electron chi connectivity index (χ0n) is 20.8. The zero-order chi connectivity index (χ0) is 25.8. The lowest BCUT2D eigenvalue weighted by Crippen LogP contribution is -2.39. The standard InChI is InChI=1S/C25H35F2N5O2S2/c1-36(2)15-11-31(12-16-36)22-17-20(30-35-14-13-33)3-4-21(22)24(34)29-19-5-8-28-23(18-19)32-9-6-25(26,27)7-10-32/h3-5,8,17-18,30,33H,6-7,9-16H2,1-2H3,(H,28,29,34). The van der Waals surface area contributed by atoms with Gasteiger partial charge in [0.15, 0.2) is 0 Å². The number of aromatic nitrogens is 1. The van der Waals surface area contributed by atoms with Gasteiger partial charge in [0.25, 0.3) is 11.8 Å². The minimum absolute atomic E-state index is 0.0861. The van der Waals surface area contributed by atoms with E-state index in [0.29, 0.717) is 22.8 Å². The Morgan fingerprint density at radius 1 is 1.08 bits per heavy atom. The third-order valence-corrected chi connectivity index (χ3v) is 9.96. The molecule has 2 aliphatic heterocycles. The Bertz CT molecular complexity index is 1050. The molecule has 0 aliphatic carbocycles. The van der Waals surface area contributed by atoms with Gasteiger partial charge in [-0.05, 0) is 48.3 Å². The first-order valence-corrected chi connectivity index (χ1v) is 15.9. The van der Waals surface area contributed by atoms with Gasteiger partial charge in [0.1, 0.15) is 5.82 Å². The minimum Gasteiger partial charge on any atom is -0.395 e. The third kappa shape index (κ3) is 6.95. The van der Waals surface area contributed by atoms with Gasteiger partial charge in [-0.15, -0.1) is 0 Å². The lowest BCUT2D eigenvalue weighted by Gasteiger charge is -2.42. The average Bonchev–Trinajstić information content (AvgIpc) is 2.84. The Hall–Kier alpha value is -2.24. The summed E-state index contributed by atoms with van der Waals surface area (Å²) in [6, 6.07) is 9.16. The predicted molar refractivity (Wildman–Crippen MR) is 150 cm³/mol. The highest BCUT2D eigenvalue weighted by molar-refractivity contribution is 8.32. The summed E-state index contributed by atoms with van der Waals surface area (Å²) in [4.78, 5) is 21.9. The highest BCUT2D eigenvalue weighted by Gasteiger charge is 2.34. The molecule has 2 aliphatic rings. The van der Waals surface area contributed by atoms with E-state index in [4.69, 9.17) is 5.11 Å². The van der Waals surface area contributed by atoms with E-state index in [-0.39, 0.29) is 38.4 Å². The van der Waals surface area contributed by atoms with E-state index in [1.807, 2.05) is 23.1 Å². The lowest BCUT2D eigenvalue weighted by molar-refractivity contribution is -0.0221. The van der Waals surface area contributed by atoms with E-state index in [9.17, 15) is 13.6 Å². The van der Waals surface area contributed by atoms with E-state index in [1.54, 1.807) is 18.3 Å². The molecule has 0 spiro atoms. The fourth-order valence-electron chi connectivity index (χ4n) is 4.33. The van der Waals surface area contributed by atoms with Crippen molar-refractivity contribution < 1.29 is 18.7 Å². The van der Waals surface area contributed by atoms with Crippen LogP contribution in [0.5, 0.6) is 0 Å². The molecule has 2 saturated heterocycles. The number of nitrogens with one attached hydrogen (secondary N) is 2. The van der Waals surface area contributed by atoms with Crippen molar-refractivity contribution in [3.05, 3.63) is 42.1 Å². The van der Waals surface area contributed by atoms with Crippen LogP contribution in [0.2, 0.25) is 0 Å². The summed E-state index contributed by atoms with van der Waals surface area (Å²) in [7, 11) is -0.604. The molecule has 0 bridgehead atoms. The normalized spacial score (nSPS) is 20.0. The molecule has 0 unspecified atom stereocenters. The van der Waals surface area contributed by atoms with Crippen LogP contribution in [0.1, 0.15) is 23.2 Å². The Morgan fingerprint density at radius 2 is 1.81 bits per heavy atom. The molecule has 1 aromatic heterocycles. The predicted octanol–water partition coefficient (Wildman–Crippen LogP) is 4.51. The first-order valence-electron chi connectivity index (χ1n) is 12.1. The lowest BCUT2D eigenvalue weighted by atomic mass is 10.1. The van der Waals surface area contributed by atoms with Crippen molar-refractivity contribution in [3.8, 4) is 0 Å². The molecule has 3 heterocycles. The molecule has 1 aromatic carbocycles. The largest absolute Gasteiger partial charge is 0.395 e. The van der Waals surface area contributed by atoms with Gasteiger partial charge in [-0.3, -0.25) is 4.79 Å². The van der Waals surface area contributed by atoms with Crippen LogP contribution in [0.25, 0.3) is 0 Å². The summed E-state index contributed by atoms with van der Waals surface area (Å²) in [6.45, 7) is 2.35. The number of alkyl halides is 2. The fourth-order valence-corrected chi connectivity index (χ4v) is 6.45. The second-order valence-corrected chi connectivity index (χ2v) is 15.0. The molecule has 2 aromatic rings. The monoisotopic (exact) mass is 539 g/mol. The van der Waals surface area contributed by atoms with Gasteiger partial charge in [0.2, 0.25) is 0 Å². The minimum atomic E-state index is -2.62. The Labute approximate surface area is 217 Å². The van der Waals surface area contributed by atoms with E-state index < -0.39 is 16.0 Å². The second-order valence-electron chi connectivity index (χ2n) is 9.77. The maximum absolute atomic E-state index is 13.6. The van der Waals surface area contributed by atoms with Gasteiger partial charge in [-0.1, -0.05) is 11.9 Å². The summed E-state index contributed by atoms with van der Waals surface area (Å²) >= 11 is 1.42. The summed E-state index contributed by atoms with van der Waals surface area (Å²) in [5.41, 5.74) is 2.92. The molecule has 1 amide bonds. The Morgan fingerprint density at radius 3 is 2.50 bits per heavy atom. The first kappa shape index (κ1) is 26.8. The first-order chi connectivity index (χ1) is 17.2. The van der Waals surface area contributed by atoms with Crippen molar-refractivity contribution in [1.29, 1.82) is 0 Å². The smallest absolute Gasteiger partial charge is 0.257 e. The molecule has 3 N–H and O–H groups in total. The molecule has 0 atom stereocenters. The SMILES string of the molecule is CS1(C)CCN(c2cc(NSCCO)ccc2C(=O)Nc2ccnc(N3CCC(F)(F)CC3)c2)CC1. The summed E-state index contributed by atoms with van der Waals surface area (Å²) < 4.78 is 30.4. The number of aliphatic hydroxyl groups is 1. The van der Waals surface area contributed by atoms with Crippen LogP contribution in [0.15, 0.2) is 36.5 Å². The number of hydrogen-bond acceptors (Lipinski definition) is 7. The average molecular weight is 540 g/mol. The number of hydrogen-bond donors (Lipinski definition) is 3. The molecule has 0 radical (unpaired) electrons. The van der Waals surface area contributed by atoms with Crippen LogP contribution in [0.3, 0.4) is 0 Å². The molecular weight excluding hydrogens is 504 g/mol. The van der Waals surface area contributed by atoms with Gasteiger partial charge in [0, 0.05) is 68.4 Å². The quantitative estimate of drug-likeness (QED) is 0.337.